The summed E-state index contributed by atoms with van der Waals surface area (Å²) in [6.45, 7) is 2.41. The number of nitrogens with zero attached hydrogens (tertiary/aromatic N) is 1. The quantitative estimate of drug-likeness (QED) is 0.930. The minimum absolute atomic E-state index is 0.0496. The van der Waals surface area contributed by atoms with Crippen LogP contribution in [0, 0.1) is 0 Å². The molecule has 0 saturated heterocycles. The summed E-state index contributed by atoms with van der Waals surface area (Å²) in [5.41, 5.74) is 1.82. The third-order valence-electron chi connectivity index (χ3n) is 3.42. The van der Waals surface area contributed by atoms with Crippen molar-refractivity contribution in [3.05, 3.63) is 48.5 Å². The van der Waals surface area contributed by atoms with Crippen molar-refractivity contribution < 1.29 is 9.53 Å². The van der Waals surface area contributed by atoms with Crippen molar-refractivity contribution in [1.82, 2.24) is 5.32 Å². The molecular formula is C17H18N2O2S. The monoisotopic (exact) mass is 314 g/mol. The molecule has 0 bridgehead atoms. The van der Waals surface area contributed by atoms with E-state index in [1.165, 1.54) is 0 Å². The Balaban J connectivity index is 1.97. The van der Waals surface area contributed by atoms with E-state index in [1.807, 2.05) is 55.5 Å². The zero-order valence-electron chi connectivity index (χ0n) is 12.6. The van der Waals surface area contributed by atoms with Crippen molar-refractivity contribution >= 4 is 29.2 Å². The van der Waals surface area contributed by atoms with Crippen LogP contribution < -0.4 is 10.2 Å². The summed E-state index contributed by atoms with van der Waals surface area (Å²) in [5.74, 6) is 0. The van der Waals surface area contributed by atoms with Gasteiger partial charge in [-0.3, -0.25) is 4.90 Å². The molecule has 1 heterocycles. The van der Waals surface area contributed by atoms with Crippen molar-refractivity contribution in [2.75, 3.05) is 18.6 Å². The molecule has 1 N–H and O–H groups in total. The minimum atomic E-state index is -0.134. The molecule has 4 nitrogen and oxygen atoms in total. The summed E-state index contributed by atoms with van der Waals surface area (Å²) < 4.78 is 5.09. The number of nitrogens with one attached hydrogen (secondary N) is 1. The number of hydrogen-bond acceptors (Lipinski definition) is 3. The lowest BCUT2D eigenvalue weighted by molar-refractivity contribution is 0.172. The summed E-state index contributed by atoms with van der Waals surface area (Å²) in [6.07, 6.45) is 0. The zero-order valence-corrected chi connectivity index (χ0v) is 13.4. The Hall–Kier alpha value is -1.98. The first-order chi connectivity index (χ1) is 10.7. The molecule has 0 spiro atoms. The van der Waals surface area contributed by atoms with E-state index >= 15 is 0 Å². The number of anilines is 2. The van der Waals surface area contributed by atoms with Gasteiger partial charge >= 0.3 is 6.03 Å². The minimum Gasteiger partial charge on any atom is -0.383 e. The summed E-state index contributed by atoms with van der Waals surface area (Å²) in [6, 6.07) is 15.7. The first kappa shape index (κ1) is 14.9. The fourth-order valence-corrected chi connectivity index (χ4v) is 3.55. The fraction of sp³-hybridized carbons (Fsp3) is 0.235. The Kier molecular flexibility index (Phi) is 4.36. The number of fused-ring (bicyclic) bond motifs is 2. The molecule has 5 heteroatoms. The number of para-hydroxylation sites is 2. The number of benzene rings is 2. The van der Waals surface area contributed by atoms with E-state index < -0.39 is 0 Å². The Labute approximate surface area is 134 Å². The van der Waals surface area contributed by atoms with E-state index in [2.05, 4.69) is 5.32 Å². The van der Waals surface area contributed by atoms with Crippen LogP contribution in [0.15, 0.2) is 58.3 Å². The average molecular weight is 314 g/mol. The van der Waals surface area contributed by atoms with Gasteiger partial charge in [0.1, 0.15) is 0 Å². The van der Waals surface area contributed by atoms with Gasteiger partial charge < -0.3 is 10.1 Å². The molecule has 22 heavy (non-hydrogen) atoms. The van der Waals surface area contributed by atoms with Crippen LogP contribution in [0.25, 0.3) is 0 Å². The standard InChI is InChI=1S/C17H18N2O2S/c1-12(11-21-2)18-17(20)19-13-7-3-5-9-15(13)22-16-10-6-4-8-14(16)19/h3-10,12H,11H2,1-2H3,(H,18,20)/t12-/m0/s1. The van der Waals surface area contributed by atoms with Crippen LogP contribution in [0.3, 0.4) is 0 Å². The second kappa shape index (κ2) is 6.42. The normalized spacial score (nSPS) is 14.0. The lowest BCUT2D eigenvalue weighted by Gasteiger charge is -2.31. The van der Waals surface area contributed by atoms with E-state index in [1.54, 1.807) is 23.8 Å². The van der Waals surface area contributed by atoms with Crippen LogP contribution in [-0.2, 0) is 4.74 Å². The van der Waals surface area contributed by atoms with Gasteiger partial charge in [0.25, 0.3) is 0 Å². The van der Waals surface area contributed by atoms with Crippen molar-refractivity contribution in [2.45, 2.75) is 22.8 Å². The molecule has 2 aromatic rings. The summed E-state index contributed by atoms with van der Waals surface area (Å²) in [5, 5.41) is 2.99. The maximum atomic E-state index is 12.8. The fourth-order valence-electron chi connectivity index (χ4n) is 2.49. The van der Waals surface area contributed by atoms with E-state index in [0.29, 0.717) is 6.61 Å². The predicted octanol–water partition coefficient (Wildman–Crippen LogP) is 4.03. The number of amides is 2. The van der Waals surface area contributed by atoms with Crippen molar-refractivity contribution in [1.29, 1.82) is 0 Å². The summed E-state index contributed by atoms with van der Waals surface area (Å²) in [7, 11) is 1.63. The van der Waals surface area contributed by atoms with Crippen LogP contribution in [0.2, 0.25) is 0 Å². The molecule has 3 rings (SSSR count). The molecule has 0 aromatic heterocycles. The Morgan fingerprint density at radius 2 is 1.68 bits per heavy atom. The van der Waals surface area contributed by atoms with Crippen LogP contribution in [0.5, 0.6) is 0 Å². The summed E-state index contributed by atoms with van der Waals surface area (Å²) in [4.78, 5) is 16.7. The first-order valence-electron chi connectivity index (χ1n) is 7.16. The maximum Gasteiger partial charge on any atom is 0.326 e. The van der Waals surface area contributed by atoms with Crippen LogP contribution in [0.4, 0.5) is 16.2 Å². The van der Waals surface area contributed by atoms with Gasteiger partial charge in [-0.05, 0) is 31.2 Å². The lowest BCUT2D eigenvalue weighted by Crippen LogP contribution is -2.44. The molecule has 114 valence electrons. The molecule has 1 atom stereocenters. The third-order valence-corrected chi connectivity index (χ3v) is 4.55. The molecule has 1 aliphatic heterocycles. The van der Waals surface area contributed by atoms with Crippen LogP contribution >= 0.6 is 11.8 Å². The van der Waals surface area contributed by atoms with Gasteiger partial charge in [-0.2, -0.15) is 0 Å². The van der Waals surface area contributed by atoms with E-state index in [9.17, 15) is 4.79 Å². The second-order valence-electron chi connectivity index (χ2n) is 5.18. The Morgan fingerprint density at radius 1 is 1.14 bits per heavy atom. The highest BCUT2D eigenvalue weighted by Crippen LogP contribution is 2.47. The van der Waals surface area contributed by atoms with Crippen LogP contribution in [-0.4, -0.2) is 25.8 Å². The predicted molar refractivity (Wildman–Crippen MR) is 89.0 cm³/mol. The maximum absolute atomic E-state index is 12.8. The lowest BCUT2D eigenvalue weighted by atomic mass is 10.2. The van der Waals surface area contributed by atoms with Gasteiger partial charge in [0, 0.05) is 16.9 Å². The average Bonchev–Trinajstić information content (AvgIpc) is 2.52. The molecular weight excluding hydrogens is 296 g/mol. The van der Waals surface area contributed by atoms with Gasteiger partial charge in [0.2, 0.25) is 0 Å². The largest absolute Gasteiger partial charge is 0.383 e. The molecule has 2 aromatic carbocycles. The Morgan fingerprint density at radius 3 is 2.23 bits per heavy atom. The molecule has 1 aliphatic rings. The number of carbonyl (C=O) groups is 1. The van der Waals surface area contributed by atoms with Gasteiger partial charge in [-0.1, -0.05) is 36.0 Å². The van der Waals surface area contributed by atoms with Crippen molar-refractivity contribution in [3.8, 4) is 0 Å². The number of urea groups is 1. The number of carbonyl (C=O) groups excluding carboxylic acids is 1. The molecule has 0 unspecified atom stereocenters. The van der Waals surface area contributed by atoms with Crippen molar-refractivity contribution in [2.24, 2.45) is 0 Å². The summed E-state index contributed by atoms with van der Waals surface area (Å²) >= 11 is 1.69. The number of ether oxygens (including phenoxy) is 1. The van der Waals surface area contributed by atoms with Crippen molar-refractivity contribution in [3.63, 3.8) is 0 Å². The van der Waals surface area contributed by atoms with Gasteiger partial charge in [0.15, 0.2) is 0 Å². The molecule has 0 fully saturated rings. The number of methoxy groups -OCH3 is 1. The van der Waals surface area contributed by atoms with Crippen LogP contribution in [0.1, 0.15) is 6.92 Å². The molecule has 2 amide bonds. The Bertz CT molecular complexity index is 644. The van der Waals surface area contributed by atoms with E-state index in [-0.39, 0.29) is 12.1 Å². The zero-order chi connectivity index (χ0) is 15.5. The van der Waals surface area contributed by atoms with Gasteiger partial charge in [-0.15, -0.1) is 0 Å². The number of rotatable bonds is 3. The molecule has 0 aliphatic carbocycles. The molecule has 0 saturated carbocycles. The SMILES string of the molecule is COC[C@H](C)NC(=O)N1c2ccccc2Sc2ccccc21. The first-order valence-corrected chi connectivity index (χ1v) is 7.98. The second-order valence-corrected chi connectivity index (χ2v) is 6.26. The smallest absolute Gasteiger partial charge is 0.326 e. The van der Waals surface area contributed by atoms with E-state index in [4.69, 9.17) is 4.74 Å². The third kappa shape index (κ3) is 2.82. The molecule has 0 radical (unpaired) electrons. The highest BCUT2D eigenvalue weighted by atomic mass is 32.2. The topological polar surface area (TPSA) is 41.6 Å². The highest BCUT2D eigenvalue weighted by molar-refractivity contribution is 7.99. The number of hydrogen-bond donors (Lipinski definition) is 1. The van der Waals surface area contributed by atoms with Gasteiger partial charge in [-0.25, -0.2) is 4.79 Å². The van der Waals surface area contributed by atoms with E-state index in [0.717, 1.165) is 21.2 Å². The highest BCUT2D eigenvalue weighted by Gasteiger charge is 2.28. The van der Waals surface area contributed by atoms with Gasteiger partial charge in [0.05, 0.1) is 24.0 Å².